The normalized spacial score (nSPS) is 10.3. The van der Waals surface area contributed by atoms with E-state index < -0.39 is 0 Å². The molecule has 1 heterocycles. The van der Waals surface area contributed by atoms with E-state index in [-0.39, 0.29) is 5.91 Å². The summed E-state index contributed by atoms with van der Waals surface area (Å²) in [5.74, 6) is -0.237. The van der Waals surface area contributed by atoms with Crippen molar-refractivity contribution in [1.82, 2.24) is 5.16 Å². The predicted molar refractivity (Wildman–Crippen MR) is 81.1 cm³/mol. The number of amides is 1. The van der Waals surface area contributed by atoms with Gasteiger partial charge in [0.15, 0.2) is 0 Å². The van der Waals surface area contributed by atoms with Crippen molar-refractivity contribution in [2.24, 2.45) is 0 Å². The number of rotatable bonds is 3. The van der Waals surface area contributed by atoms with Crippen LogP contribution in [0.1, 0.15) is 15.9 Å². The summed E-state index contributed by atoms with van der Waals surface area (Å²) in [6.07, 6.45) is 1.37. The molecule has 0 radical (unpaired) electrons. The summed E-state index contributed by atoms with van der Waals surface area (Å²) < 4.78 is 4.97. The zero-order chi connectivity index (χ0) is 14.7. The second-order valence-electron chi connectivity index (χ2n) is 4.76. The lowest BCUT2D eigenvalue weighted by Crippen LogP contribution is -2.12. The summed E-state index contributed by atoms with van der Waals surface area (Å²) in [7, 11) is 0. The highest BCUT2D eigenvalue weighted by atomic mass is 16.5. The third-order valence-electron chi connectivity index (χ3n) is 3.17. The van der Waals surface area contributed by atoms with Crippen LogP contribution >= 0.6 is 0 Å². The van der Waals surface area contributed by atoms with Gasteiger partial charge in [0.25, 0.3) is 5.91 Å². The minimum absolute atomic E-state index is 0.237. The predicted octanol–water partition coefficient (Wildman–Crippen LogP) is 3.90. The first-order chi connectivity index (χ1) is 10.2. The molecule has 0 unspecified atom stereocenters. The molecule has 1 aromatic heterocycles. The molecule has 0 aliphatic rings. The maximum absolute atomic E-state index is 12.3. The Morgan fingerprint density at radius 1 is 1.05 bits per heavy atom. The standard InChI is InChI=1S/C17H14N2O2/c1-12-7-9-14(10-8-12)18-17(20)15-11-21-19-16(15)13-5-3-2-4-6-13/h2-11H,1H3,(H,18,20). The molecule has 1 amide bonds. The van der Waals surface area contributed by atoms with Crippen molar-refractivity contribution in [3.05, 3.63) is 72.0 Å². The Morgan fingerprint density at radius 2 is 1.76 bits per heavy atom. The van der Waals surface area contributed by atoms with E-state index in [1.807, 2.05) is 61.5 Å². The van der Waals surface area contributed by atoms with E-state index in [1.165, 1.54) is 6.26 Å². The molecule has 0 atom stereocenters. The molecule has 0 saturated carbocycles. The lowest BCUT2D eigenvalue weighted by Gasteiger charge is -2.05. The van der Waals surface area contributed by atoms with Crippen molar-refractivity contribution in [3.8, 4) is 11.3 Å². The second kappa shape index (κ2) is 5.63. The molecule has 4 nitrogen and oxygen atoms in total. The highest BCUT2D eigenvalue weighted by molar-refractivity contribution is 6.07. The number of nitrogens with one attached hydrogen (secondary N) is 1. The van der Waals surface area contributed by atoms with Gasteiger partial charge in [-0.25, -0.2) is 0 Å². The van der Waals surface area contributed by atoms with Crippen LogP contribution in [-0.4, -0.2) is 11.1 Å². The van der Waals surface area contributed by atoms with Crippen molar-refractivity contribution in [1.29, 1.82) is 0 Å². The SMILES string of the molecule is Cc1ccc(NC(=O)c2conc2-c2ccccc2)cc1. The molecule has 104 valence electrons. The van der Waals surface area contributed by atoms with Crippen molar-refractivity contribution in [3.63, 3.8) is 0 Å². The molecule has 4 heteroatoms. The van der Waals surface area contributed by atoms with Crippen molar-refractivity contribution in [2.45, 2.75) is 6.92 Å². The monoisotopic (exact) mass is 278 g/mol. The average molecular weight is 278 g/mol. The third-order valence-corrected chi connectivity index (χ3v) is 3.17. The molecule has 0 spiro atoms. The van der Waals surface area contributed by atoms with Gasteiger partial charge >= 0.3 is 0 Å². The number of nitrogens with zero attached hydrogens (tertiary/aromatic N) is 1. The molecular formula is C17H14N2O2. The number of hydrogen-bond acceptors (Lipinski definition) is 3. The molecule has 0 saturated heterocycles. The smallest absolute Gasteiger partial charge is 0.261 e. The molecular weight excluding hydrogens is 264 g/mol. The van der Waals surface area contributed by atoms with Crippen LogP contribution in [0.4, 0.5) is 5.69 Å². The minimum Gasteiger partial charge on any atom is -0.363 e. The number of carbonyl (C=O) groups is 1. The Labute approximate surface area is 122 Å². The van der Waals surface area contributed by atoms with Gasteiger partial charge in [0.1, 0.15) is 17.5 Å². The molecule has 3 aromatic rings. The van der Waals surface area contributed by atoms with E-state index in [9.17, 15) is 4.79 Å². The summed E-state index contributed by atoms with van der Waals surface area (Å²) in [6.45, 7) is 2.00. The number of aryl methyl sites for hydroxylation is 1. The Morgan fingerprint density at radius 3 is 2.48 bits per heavy atom. The van der Waals surface area contributed by atoms with Crippen LogP contribution in [0.15, 0.2) is 65.4 Å². The second-order valence-corrected chi connectivity index (χ2v) is 4.76. The number of carbonyl (C=O) groups excluding carboxylic acids is 1. The fraction of sp³-hybridized carbons (Fsp3) is 0.0588. The van der Waals surface area contributed by atoms with E-state index in [0.717, 1.165) is 16.8 Å². The minimum atomic E-state index is -0.237. The van der Waals surface area contributed by atoms with Gasteiger partial charge in [0, 0.05) is 11.3 Å². The Balaban J connectivity index is 1.86. The number of benzene rings is 2. The van der Waals surface area contributed by atoms with Gasteiger partial charge in [-0.05, 0) is 19.1 Å². The average Bonchev–Trinajstić information content (AvgIpc) is 3.00. The van der Waals surface area contributed by atoms with Gasteiger partial charge in [-0.2, -0.15) is 0 Å². The van der Waals surface area contributed by atoms with E-state index in [0.29, 0.717) is 11.3 Å². The van der Waals surface area contributed by atoms with E-state index in [1.54, 1.807) is 0 Å². The maximum Gasteiger partial charge on any atom is 0.261 e. The van der Waals surface area contributed by atoms with Crippen LogP contribution in [0.25, 0.3) is 11.3 Å². The highest BCUT2D eigenvalue weighted by Gasteiger charge is 2.17. The van der Waals surface area contributed by atoms with Crippen LogP contribution in [0, 0.1) is 6.92 Å². The van der Waals surface area contributed by atoms with E-state index >= 15 is 0 Å². The molecule has 0 aliphatic carbocycles. The van der Waals surface area contributed by atoms with Crippen molar-refractivity contribution in [2.75, 3.05) is 5.32 Å². The van der Waals surface area contributed by atoms with Gasteiger partial charge in [0.05, 0.1) is 0 Å². The first kappa shape index (κ1) is 13.1. The van der Waals surface area contributed by atoms with Gasteiger partial charge in [0.2, 0.25) is 0 Å². The van der Waals surface area contributed by atoms with Gasteiger partial charge in [-0.1, -0.05) is 53.2 Å². The fourth-order valence-electron chi connectivity index (χ4n) is 2.04. The van der Waals surface area contributed by atoms with Gasteiger partial charge in [-0.15, -0.1) is 0 Å². The molecule has 21 heavy (non-hydrogen) atoms. The third kappa shape index (κ3) is 2.84. The molecule has 0 fully saturated rings. The van der Waals surface area contributed by atoms with Crippen LogP contribution in [0.3, 0.4) is 0 Å². The molecule has 3 rings (SSSR count). The largest absolute Gasteiger partial charge is 0.363 e. The number of aromatic nitrogens is 1. The van der Waals surface area contributed by atoms with Crippen LogP contribution in [0.5, 0.6) is 0 Å². The molecule has 0 aliphatic heterocycles. The topological polar surface area (TPSA) is 55.1 Å². The summed E-state index contributed by atoms with van der Waals surface area (Å²) >= 11 is 0. The first-order valence-electron chi connectivity index (χ1n) is 6.62. The number of anilines is 1. The molecule has 2 aromatic carbocycles. The summed E-state index contributed by atoms with van der Waals surface area (Å²) in [5, 5.41) is 6.77. The Hall–Kier alpha value is -2.88. The van der Waals surface area contributed by atoms with Crippen LogP contribution in [0.2, 0.25) is 0 Å². The zero-order valence-electron chi connectivity index (χ0n) is 11.5. The molecule has 0 bridgehead atoms. The fourth-order valence-corrected chi connectivity index (χ4v) is 2.04. The maximum atomic E-state index is 12.3. The summed E-state index contributed by atoms with van der Waals surface area (Å²) in [6, 6.07) is 17.1. The quantitative estimate of drug-likeness (QED) is 0.790. The zero-order valence-corrected chi connectivity index (χ0v) is 11.5. The summed E-state index contributed by atoms with van der Waals surface area (Å²) in [4.78, 5) is 12.3. The van der Waals surface area contributed by atoms with Crippen LogP contribution < -0.4 is 5.32 Å². The Bertz CT molecular complexity index is 746. The van der Waals surface area contributed by atoms with E-state index in [2.05, 4.69) is 10.5 Å². The van der Waals surface area contributed by atoms with Crippen molar-refractivity contribution < 1.29 is 9.32 Å². The van der Waals surface area contributed by atoms with Gasteiger partial charge < -0.3 is 9.84 Å². The lowest BCUT2D eigenvalue weighted by atomic mass is 10.1. The lowest BCUT2D eigenvalue weighted by molar-refractivity contribution is 0.102. The summed E-state index contributed by atoms with van der Waals surface area (Å²) in [5.41, 5.74) is 3.69. The van der Waals surface area contributed by atoms with E-state index in [4.69, 9.17) is 4.52 Å². The molecule has 1 N–H and O–H groups in total. The number of hydrogen-bond donors (Lipinski definition) is 1. The first-order valence-corrected chi connectivity index (χ1v) is 6.62. The van der Waals surface area contributed by atoms with Gasteiger partial charge in [-0.3, -0.25) is 4.79 Å². The van der Waals surface area contributed by atoms with Crippen molar-refractivity contribution >= 4 is 11.6 Å². The highest BCUT2D eigenvalue weighted by Crippen LogP contribution is 2.22. The Kier molecular flexibility index (Phi) is 3.51. The van der Waals surface area contributed by atoms with Crippen LogP contribution in [-0.2, 0) is 0 Å².